The maximum Gasteiger partial charge on any atom is 0.252 e. The van der Waals surface area contributed by atoms with E-state index in [0.717, 1.165) is 24.2 Å². The summed E-state index contributed by atoms with van der Waals surface area (Å²) >= 11 is 1.02. The van der Waals surface area contributed by atoms with Gasteiger partial charge >= 0.3 is 0 Å². The Morgan fingerprint density at radius 3 is 2.75 bits per heavy atom. The van der Waals surface area contributed by atoms with Gasteiger partial charge in [-0.2, -0.15) is 9.57 Å². The van der Waals surface area contributed by atoms with E-state index in [1.54, 1.807) is 13.1 Å². The molecular formula is C10H12N2O2S2. The third-order valence-corrected chi connectivity index (χ3v) is 5.85. The number of rotatable bonds is 4. The van der Waals surface area contributed by atoms with Crippen LogP contribution in [0, 0.1) is 17.2 Å². The van der Waals surface area contributed by atoms with Gasteiger partial charge in [-0.1, -0.05) is 0 Å². The zero-order valence-corrected chi connectivity index (χ0v) is 10.5. The standard InChI is InChI=1S/C10H12N2O2S2/c1-12(7-8-2-3-8)16(13,14)10-5-4-9(6-11)15-10/h4-5,8H,2-3,7H2,1H3. The van der Waals surface area contributed by atoms with E-state index in [1.807, 2.05) is 6.07 Å². The fourth-order valence-corrected chi connectivity index (χ4v) is 4.00. The maximum absolute atomic E-state index is 12.1. The van der Waals surface area contributed by atoms with Gasteiger partial charge in [-0.25, -0.2) is 8.42 Å². The monoisotopic (exact) mass is 256 g/mol. The van der Waals surface area contributed by atoms with Crippen molar-refractivity contribution < 1.29 is 8.42 Å². The van der Waals surface area contributed by atoms with Crippen LogP contribution < -0.4 is 0 Å². The largest absolute Gasteiger partial charge is 0.252 e. The third kappa shape index (κ3) is 2.26. The second-order valence-electron chi connectivity index (χ2n) is 3.96. The molecule has 0 N–H and O–H groups in total. The minimum Gasteiger partial charge on any atom is -0.206 e. The van der Waals surface area contributed by atoms with Crippen molar-refractivity contribution in [1.29, 1.82) is 5.26 Å². The molecule has 86 valence electrons. The summed E-state index contributed by atoms with van der Waals surface area (Å²) in [6, 6.07) is 4.99. The Morgan fingerprint density at radius 2 is 2.25 bits per heavy atom. The lowest BCUT2D eigenvalue weighted by atomic mass is 10.4. The smallest absolute Gasteiger partial charge is 0.206 e. The van der Waals surface area contributed by atoms with Gasteiger partial charge in [-0.3, -0.25) is 0 Å². The Hall–Kier alpha value is -0.900. The summed E-state index contributed by atoms with van der Waals surface area (Å²) in [7, 11) is -1.79. The first-order valence-corrected chi connectivity index (χ1v) is 7.26. The number of sulfonamides is 1. The quantitative estimate of drug-likeness (QED) is 0.823. The number of hydrogen-bond donors (Lipinski definition) is 0. The molecule has 0 radical (unpaired) electrons. The second kappa shape index (κ2) is 4.17. The zero-order valence-electron chi connectivity index (χ0n) is 8.88. The minimum atomic E-state index is -3.38. The van der Waals surface area contributed by atoms with Crippen LogP contribution in [0.5, 0.6) is 0 Å². The van der Waals surface area contributed by atoms with Crippen molar-refractivity contribution in [2.24, 2.45) is 5.92 Å². The lowest BCUT2D eigenvalue weighted by molar-refractivity contribution is 0.454. The van der Waals surface area contributed by atoms with E-state index in [1.165, 1.54) is 10.4 Å². The molecule has 4 nitrogen and oxygen atoms in total. The average molecular weight is 256 g/mol. The highest BCUT2D eigenvalue weighted by Crippen LogP contribution is 2.32. The predicted octanol–water partition coefficient (Wildman–Crippen LogP) is 1.65. The van der Waals surface area contributed by atoms with Gasteiger partial charge in [0, 0.05) is 13.6 Å². The van der Waals surface area contributed by atoms with Gasteiger partial charge in [0.2, 0.25) is 0 Å². The molecule has 0 aromatic carbocycles. The molecule has 1 fully saturated rings. The molecule has 0 aliphatic heterocycles. The summed E-state index contributed by atoms with van der Waals surface area (Å²) in [4.78, 5) is 0.429. The lowest BCUT2D eigenvalue weighted by Gasteiger charge is -2.15. The summed E-state index contributed by atoms with van der Waals surface area (Å²) in [6.45, 7) is 0.585. The van der Waals surface area contributed by atoms with Crippen molar-refractivity contribution in [3.05, 3.63) is 17.0 Å². The van der Waals surface area contributed by atoms with E-state index in [-0.39, 0.29) is 4.21 Å². The molecule has 0 amide bonds. The molecule has 1 aromatic heterocycles. The molecule has 1 heterocycles. The number of thiophene rings is 1. The first-order valence-electron chi connectivity index (χ1n) is 5.00. The van der Waals surface area contributed by atoms with E-state index >= 15 is 0 Å². The van der Waals surface area contributed by atoms with Crippen molar-refractivity contribution >= 4 is 21.4 Å². The molecule has 0 bridgehead atoms. The van der Waals surface area contributed by atoms with Gasteiger partial charge in [0.15, 0.2) is 0 Å². The molecule has 1 aromatic rings. The van der Waals surface area contributed by atoms with E-state index in [9.17, 15) is 8.42 Å². The van der Waals surface area contributed by atoms with Crippen LogP contribution in [0.1, 0.15) is 17.7 Å². The first kappa shape index (κ1) is 11.6. The molecule has 2 rings (SSSR count). The van der Waals surface area contributed by atoms with E-state index < -0.39 is 10.0 Å². The lowest BCUT2D eigenvalue weighted by Crippen LogP contribution is -2.28. The van der Waals surface area contributed by atoms with Gasteiger partial charge < -0.3 is 0 Å². The summed E-state index contributed by atoms with van der Waals surface area (Å²) in [5.74, 6) is 0.523. The highest BCUT2D eigenvalue weighted by molar-refractivity contribution is 7.91. The molecule has 1 saturated carbocycles. The first-order chi connectivity index (χ1) is 7.54. The number of hydrogen-bond acceptors (Lipinski definition) is 4. The van der Waals surface area contributed by atoms with Gasteiger partial charge in [-0.15, -0.1) is 11.3 Å². The fourth-order valence-electron chi connectivity index (χ4n) is 1.43. The zero-order chi connectivity index (χ0) is 11.8. The molecule has 0 saturated heterocycles. The number of nitrogens with zero attached hydrogens (tertiary/aromatic N) is 2. The van der Waals surface area contributed by atoms with Gasteiger partial charge in [-0.05, 0) is 30.9 Å². The van der Waals surface area contributed by atoms with Gasteiger partial charge in [0.1, 0.15) is 15.2 Å². The van der Waals surface area contributed by atoms with E-state index in [2.05, 4.69) is 0 Å². The Bertz CT molecular complexity index is 523. The summed E-state index contributed by atoms with van der Waals surface area (Å²) in [5, 5.41) is 8.66. The highest BCUT2D eigenvalue weighted by atomic mass is 32.2. The van der Waals surface area contributed by atoms with E-state index in [4.69, 9.17) is 5.26 Å². The van der Waals surface area contributed by atoms with Crippen molar-refractivity contribution in [2.45, 2.75) is 17.1 Å². The predicted molar refractivity (Wildman–Crippen MR) is 61.6 cm³/mol. The van der Waals surface area contributed by atoms with Crippen molar-refractivity contribution in [3.63, 3.8) is 0 Å². The summed E-state index contributed by atoms with van der Waals surface area (Å²) in [6.07, 6.45) is 2.24. The van der Waals surface area contributed by atoms with Crippen LogP contribution in [-0.2, 0) is 10.0 Å². The topological polar surface area (TPSA) is 61.2 Å². The van der Waals surface area contributed by atoms with Crippen LogP contribution in [0.4, 0.5) is 0 Å². The molecular weight excluding hydrogens is 244 g/mol. The Morgan fingerprint density at radius 1 is 1.56 bits per heavy atom. The Kier molecular flexibility index (Phi) is 3.02. The maximum atomic E-state index is 12.1. The average Bonchev–Trinajstić information content (AvgIpc) is 2.93. The summed E-state index contributed by atoms with van der Waals surface area (Å²) < 4.78 is 25.7. The molecule has 0 atom stereocenters. The van der Waals surface area contributed by atoms with Gasteiger partial charge in [0.25, 0.3) is 10.0 Å². The summed E-state index contributed by atoms with van der Waals surface area (Å²) in [5.41, 5.74) is 0. The normalized spacial score (nSPS) is 16.3. The second-order valence-corrected chi connectivity index (χ2v) is 7.31. The SMILES string of the molecule is CN(CC1CC1)S(=O)(=O)c1ccc(C#N)s1. The molecule has 0 spiro atoms. The van der Waals surface area contributed by atoms with Crippen molar-refractivity contribution in [3.8, 4) is 6.07 Å². The van der Waals surface area contributed by atoms with Gasteiger partial charge in [0.05, 0.1) is 0 Å². The Labute approximate surface area is 99.2 Å². The van der Waals surface area contributed by atoms with Crippen LogP contribution in [0.2, 0.25) is 0 Å². The van der Waals surface area contributed by atoms with Crippen LogP contribution in [0.3, 0.4) is 0 Å². The molecule has 0 unspecified atom stereocenters. The van der Waals surface area contributed by atoms with Crippen molar-refractivity contribution in [1.82, 2.24) is 4.31 Å². The van der Waals surface area contributed by atoms with Crippen LogP contribution in [-0.4, -0.2) is 26.3 Å². The highest BCUT2D eigenvalue weighted by Gasteiger charge is 2.29. The fraction of sp³-hybridized carbons (Fsp3) is 0.500. The molecule has 1 aliphatic carbocycles. The van der Waals surface area contributed by atoms with Crippen LogP contribution >= 0.6 is 11.3 Å². The Balaban J connectivity index is 2.20. The van der Waals surface area contributed by atoms with E-state index in [0.29, 0.717) is 17.3 Å². The van der Waals surface area contributed by atoms with Crippen LogP contribution in [0.25, 0.3) is 0 Å². The van der Waals surface area contributed by atoms with Crippen molar-refractivity contribution in [2.75, 3.05) is 13.6 Å². The molecule has 1 aliphatic rings. The minimum absolute atomic E-state index is 0.257. The molecule has 16 heavy (non-hydrogen) atoms. The number of nitriles is 1. The van der Waals surface area contributed by atoms with Crippen LogP contribution in [0.15, 0.2) is 16.3 Å². The third-order valence-electron chi connectivity index (χ3n) is 2.57. The molecule has 6 heteroatoms.